The van der Waals surface area contributed by atoms with Gasteiger partial charge in [0.25, 0.3) is 5.91 Å². The number of fused-ring (bicyclic) bond motifs is 1. The van der Waals surface area contributed by atoms with Gasteiger partial charge in [-0.1, -0.05) is 29.8 Å². The summed E-state index contributed by atoms with van der Waals surface area (Å²) >= 11 is 0. The summed E-state index contributed by atoms with van der Waals surface area (Å²) in [7, 11) is 0. The van der Waals surface area contributed by atoms with Crippen molar-refractivity contribution >= 4 is 17.3 Å². The number of primary amides is 1. The second-order valence-corrected chi connectivity index (χ2v) is 6.35. The molecular formula is C21H19N3O. The highest BCUT2D eigenvalue weighted by atomic mass is 16.1. The van der Waals surface area contributed by atoms with Crippen molar-refractivity contribution in [2.24, 2.45) is 5.73 Å². The van der Waals surface area contributed by atoms with Gasteiger partial charge in [0.2, 0.25) is 0 Å². The molecule has 1 aliphatic heterocycles. The molecule has 0 fully saturated rings. The average Bonchev–Trinajstić information content (AvgIpc) is 3.05. The number of aryl methyl sites for hydroxylation is 1. The van der Waals surface area contributed by atoms with Gasteiger partial charge in [-0.15, -0.1) is 0 Å². The number of amides is 1. The van der Waals surface area contributed by atoms with Crippen molar-refractivity contribution in [3.8, 4) is 11.3 Å². The topological polar surface area (TPSA) is 59.2 Å². The zero-order valence-corrected chi connectivity index (χ0v) is 14.1. The lowest BCUT2D eigenvalue weighted by Gasteiger charge is -2.20. The van der Waals surface area contributed by atoms with Gasteiger partial charge < -0.3 is 10.6 Å². The highest BCUT2D eigenvalue weighted by Gasteiger charge is 2.21. The molecule has 4 nitrogen and oxygen atoms in total. The zero-order chi connectivity index (χ0) is 17.4. The van der Waals surface area contributed by atoms with Crippen LogP contribution in [-0.2, 0) is 6.42 Å². The molecule has 0 atom stereocenters. The van der Waals surface area contributed by atoms with Crippen LogP contribution in [0.1, 0.15) is 21.6 Å². The van der Waals surface area contributed by atoms with Crippen LogP contribution in [0.4, 0.5) is 11.4 Å². The van der Waals surface area contributed by atoms with Gasteiger partial charge in [-0.3, -0.25) is 4.79 Å². The number of aromatic nitrogens is 1. The minimum atomic E-state index is -0.506. The van der Waals surface area contributed by atoms with E-state index in [1.165, 1.54) is 22.5 Å². The number of rotatable bonds is 3. The van der Waals surface area contributed by atoms with E-state index in [1.807, 2.05) is 12.1 Å². The maximum atomic E-state index is 11.3. The molecular weight excluding hydrogens is 310 g/mol. The number of carbonyl (C=O) groups is 1. The number of nitrogens with zero attached hydrogens (tertiary/aromatic N) is 2. The standard InChI is InChI=1S/C21H19N3O/c1-14-5-8-17(9-6-14)24-12-11-16-13-15(7-10-20(16)24)18-3-2-4-19(23-18)21(22)25/h2-10,13H,11-12H2,1H3,(H2,22,25). The van der Waals surface area contributed by atoms with Crippen molar-refractivity contribution < 1.29 is 4.79 Å². The van der Waals surface area contributed by atoms with Crippen LogP contribution in [0.25, 0.3) is 11.3 Å². The summed E-state index contributed by atoms with van der Waals surface area (Å²) in [5.41, 5.74) is 12.4. The first kappa shape index (κ1) is 15.4. The number of hydrogen-bond acceptors (Lipinski definition) is 3. The summed E-state index contributed by atoms with van der Waals surface area (Å²) < 4.78 is 0. The van der Waals surface area contributed by atoms with Gasteiger partial charge in [0.1, 0.15) is 5.69 Å². The largest absolute Gasteiger partial charge is 0.364 e. The molecule has 4 rings (SSSR count). The molecule has 124 valence electrons. The van der Waals surface area contributed by atoms with Crippen LogP contribution in [0.15, 0.2) is 60.7 Å². The average molecular weight is 329 g/mol. The first-order valence-corrected chi connectivity index (χ1v) is 8.36. The third-order valence-corrected chi connectivity index (χ3v) is 4.62. The summed E-state index contributed by atoms with van der Waals surface area (Å²) in [4.78, 5) is 18.1. The predicted octanol–water partition coefficient (Wildman–Crippen LogP) is 3.85. The molecule has 4 heteroatoms. The van der Waals surface area contributed by atoms with Crippen molar-refractivity contribution in [1.82, 2.24) is 4.98 Å². The van der Waals surface area contributed by atoms with Gasteiger partial charge in [-0.25, -0.2) is 4.98 Å². The van der Waals surface area contributed by atoms with Crippen molar-refractivity contribution in [2.75, 3.05) is 11.4 Å². The number of nitrogens with two attached hydrogens (primary N) is 1. The Morgan fingerprint density at radius 1 is 1.08 bits per heavy atom. The molecule has 0 saturated heterocycles. The predicted molar refractivity (Wildman–Crippen MR) is 100 cm³/mol. The second-order valence-electron chi connectivity index (χ2n) is 6.35. The van der Waals surface area contributed by atoms with E-state index in [9.17, 15) is 4.79 Å². The molecule has 1 aliphatic rings. The highest BCUT2D eigenvalue weighted by molar-refractivity contribution is 5.91. The summed E-state index contributed by atoms with van der Waals surface area (Å²) in [6.45, 7) is 3.07. The molecule has 25 heavy (non-hydrogen) atoms. The summed E-state index contributed by atoms with van der Waals surface area (Å²) in [6, 6.07) is 20.3. The fourth-order valence-electron chi connectivity index (χ4n) is 3.29. The molecule has 0 radical (unpaired) electrons. The Balaban J connectivity index is 1.69. The smallest absolute Gasteiger partial charge is 0.267 e. The van der Waals surface area contributed by atoms with E-state index in [1.54, 1.807) is 6.07 Å². The van der Waals surface area contributed by atoms with Crippen LogP contribution in [0.3, 0.4) is 0 Å². The quantitative estimate of drug-likeness (QED) is 0.794. The first-order chi connectivity index (χ1) is 12.1. The van der Waals surface area contributed by atoms with Crippen molar-refractivity contribution in [2.45, 2.75) is 13.3 Å². The van der Waals surface area contributed by atoms with E-state index >= 15 is 0 Å². The van der Waals surface area contributed by atoms with Gasteiger partial charge in [-0.05, 0) is 55.3 Å². The molecule has 1 aromatic heterocycles. The fourth-order valence-corrected chi connectivity index (χ4v) is 3.29. The van der Waals surface area contributed by atoms with Crippen LogP contribution < -0.4 is 10.6 Å². The summed E-state index contributed by atoms with van der Waals surface area (Å²) in [6.07, 6.45) is 0.993. The lowest BCUT2D eigenvalue weighted by Crippen LogP contribution is -2.13. The van der Waals surface area contributed by atoms with Crippen LogP contribution in [0.5, 0.6) is 0 Å². The van der Waals surface area contributed by atoms with Crippen LogP contribution in [0, 0.1) is 6.92 Å². The highest BCUT2D eigenvalue weighted by Crippen LogP contribution is 2.36. The molecule has 0 bridgehead atoms. The number of benzene rings is 2. The minimum absolute atomic E-state index is 0.291. The molecule has 3 aromatic rings. The zero-order valence-electron chi connectivity index (χ0n) is 14.1. The molecule has 0 spiro atoms. The normalized spacial score (nSPS) is 12.9. The minimum Gasteiger partial charge on any atom is -0.364 e. The summed E-state index contributed by atoms with van der Waals surface area (Å²) in [5, 5.41) is 0. The molecule has 2 heterocycles. The Kier molecular flexibility index (Phi) is 3.73. The van der Waals surface area contributed by atoms with E-state index in [-0.39, 0.29) is 0 Å². The SMILES string of the molecule is Cc1ccc(N2CCc3cc(-c4cccc(C(N)=O)n4)ccc32)cc1. The lowest BCUT2D eigenvalue weighted by molar-refractivity contribution is 0.0995. The molecule has 2 aromatic carbocycles. The monoisotopic (exact) mass is 329 g/mol. The van der Waals surface area contributed by atoms with Gasteiger partial charge in [0.05, 0.1) is 5.69 Å². The van der Waals surface area contributed by atoms with E-state index < -0.39 is 5.91 Å². The third kappa shape index (κ3) is 2.87. The molecule has 2 N–H and O–H groups in total. The van der Waals surface area contributed by atoms with E-state index in [2.05, 4.69) is 59.3 Å². The van der Waals surface area contributed by atoms with Gasteiger partial charge in [0, 0.05) is 23.5 Å². The van der Waals surface area contributed by atoms with E-state index in [0.29, 0.717) is 5.69 Å². The van der Waals surface area contributed by atoms with Crippen molar-refractivity contribution in [1.29, 1.82) is 0 Å². The Morgan fingerprint density at radius 3 is 2.64 bits per heavy atom. The fraction of sp³-hybridized carbons (Fsp3) is 0.143. The van der Waals surface area contributed by atoms with Crippen LogP contribution >= 0.6 is 0 Å². The molecule has 0 saturated carbocycles. The van der Waals surface area contributed by atoms with E-state index in [4.69, 9.17) is 5.73 Å². The van der Waals surface area contributed by atoms with Crippen LogP contribution in [0.2, 0.25) is 0 Å². The molecule has 0 unspecified atom stereocenters. The van der Waals surface area contributed by atoms with Gasteiger partial charge in [0.15, 0.2) is 0 Å². The van der Waals surface area contributed by atoms with Crippen molar-refractivity contribution in [3.63, 3.8) is 0 Å². The summed E-state index contributed by atoms with van der Waals surface area (Å²) in [5.74, 6) is -0.506. The van der Waals surface area contributed by atoms with Gasteiger partial charge in [-0.2, -0.15) is 0 Å². The molecule has 0 aliphatic carbocycles. The number of hydrogen-bond donors (Lipinski definition) is 1. The first-order valence-electron chi connectivity index (χ1n) is 8.36. The number of anilines is 2. The number of carbonyl (C=O) groups excluding carboxylic acids is 1. The number of pyridine rings is 1. The van der Waals surface area contributed by atoms with Gasteiger partial charge >= 0.3 is 0 Å². The molecule has 1 amide bonds. The Labute approximate surface area is 146 Å². The Bertz CT molecular complexity index is 948. The van der Waals surface area contributed by atoms with Crippen LogP contribution in [-0.4, -0.2) is 17.4 Å². The maximum absolute atomic E-state index is 11.3. The Morgan fingerprint density at radius 2 is 1.88 bits per heavy atom. The lowest BCUT2D eigenvalue weighted by atomic mass is 10.0. The van der Waals surface area contributed by atoms with E-state index in [0.717, 1.165) is 24.2 Å². The third-order valence-electron chi connectivity index (χ3n) is 4.62. The Hall–Kier alpha value is -3.14. The maximum Gasteiger partial charge on any atom is 0.267 e. The van der Waals surface area contributed by atoms with Crippen molar-refractivity contribution in [3.05, 3.63) is 77.5 Å². The second kappa shape index (κ2) is 6.06.